The first-order chi connectivity index (χ1) is 6.77. The topological polar surface area (TPSA) is 17.8 Å². The van der Waals surface area contributed by atoms with Crippen molar-refractivity contribution in [2.45, 2.75) is 10.1 Å². The highest BCUT2D eigenvalue weighted by molar-refractivity contribution is 7.99. The standard InChI is InChI=1S/C10H8FN2S/c1-13-7-6-12-10(13)14-9-5-3-2-4-8(9)11/h3-7H,1H3. The van der Waals surface area contributed by atoms with Crippen LogP contribution in [-0.2, 0) is 7.05 Å². The predicted molar refractivity (Wildman–Crippen MR) is 52.6 cm³/mol. The largest absolute Gasteiger partial charge is 0.329 e. The second-order valence-corrected chi connectivity index (χ2v) is 3.79. The summed E-state index contributed by atoms with van der Waals surface area (Å²) in [6, 6.07) is 7.38. The second-order valence-electron chi connectivity index (χ2n) is 2.78. The van der Waals surface area contributed by atoms with Crippen molar-refractivity contribution < 1.29 is 4.39 Å². The van der Waals surface area contributed by atoms with E-state index < -0.39 is 0 Å². The van der Waals surface area contributed by atoms with E-state index in [2.05, 4.69) is 11.1 Å². The van der Waals surface area contributed by atoms with Crippen LogP contribution in [0.1, 0.15) is 0 Å². The van der Waals surface area contributed by atoms with Gasteiger partial charge < -0.3 is 4.57 Å². The molecule has 0 N–H and O–H groups in total. The Bertz CT molecular complexity index is 439. The fourth-order valence-electron chi connectivity index (χ4n) is 1.03. The van der Waals surface area contributed by atoms with E-state index in [0.717, 1.165) is 5.16 Å². The van der Waals surface area contributed by atoms with Gasteiger partial charge in [0, 0.05) is 19.4 Å². The van der Waals surface area contributed by atoms with Gasteiger partial charge in [0.15, 0.2) is 5.16 Å². The van der Waals surface area contributed by atoms with E-state index in [1.165, 1.54) is 17.8 Å². The molecule has 1 aromatic carbocycles. The molecule has 0 fully saturated rings. The fraction of sp³-hybridized carbons (Fsp3) is 0.100. The van der Waals surface area contributed by atoms with Crippen LogP contribution in [0.15, 0.2) is 40.6 Å². The minimum absolute atomic E-state index is 0.263. The number of aryl methyl sites for hydroxylation is 1. The van der Waals surface area contributed by atoms with Gasteiger partial charge in [-0.2, -0.15) is 0 Å². The quantitative estimate of drug-likeness (QED) is 0.753. The molecule has 1 radical (unpaired) electrons. The normalized spacial score (nSPS) is 10.4. The molecule has 0 aliphatic carbocycles. The number of hydrogen-bond donors (Lipinski definition) is 0. The second kappa shape index (κ2) is 3.84. The summed E-state index contributed by atoms with van der Waals surface area (Å²) in [5.41, 5.74) is 0. The monoisotopic (exact) mass is 207 g/mol. The molecular formula is C10H8FN2S. The van der Waals surface area contributed by atoms with Crippen molar-refractivity contribution in [3.63, 3.8) is 0 Å². The molecule has 0 atom stereocenters. The van der Waals surface area contributed by atoms with Crippen molar-refractivity contribution in [1.29, 1.82) is 0 Å². The van der Waals surface area contributed by atoms with Crippen LogP contribution in [0.25, 0.3) is 0 Å². The first kappa shape index (κ1) is 9.27. The number of imidazole rings is 1. The maximum atomic E-state index is 13.2. The van der Waals surface area contributed by atoms with E-state index >= 15 is 0 Å². The van der Waals surface area contributed by atoms with Gasteiger partial charge >= 0.3 is 0 Å². The summed E-state index contributed by atoms with van der Waals surface area (Å²) in [5.74, 6) is -0.263. The smallest absolute Gasteiger partial charge is 0.172 e. The SMILES string of the molecule is Cn1ccnc1Sc1cc[c]cc1F. The number of benzene rings is 1. The Balaban J connectivity index is 2.28. The van der Waals surface area contributed by atoms with Crippen LogP contribution in [0.4, 0.5) is 4.39 Å². The highest BCUT2D eigenvalue weighted by Gasteiger charge is 2.05. The highest BCUT2D eigenvalue weighted by atomic mass is 32.2. The Morgan fingerprint density at radius 2 is 2.43 bits per heavy atom. The van der Waals surface area contributed by atoms with E-state index in [9.17, 15) is 4.39 Å². The summed E-state index contributed by atoms with van der Waals surface area (Å²) < 4.78 is 15.1. The van der Waals surface area contributed by atoms with Gasteiger partial charge in [-0.05, 0) is 30.0 Å². The molecule has 0 aliphatic heterocycles. The number of halogens is 1. The van der Waals surface area contributed by atoms with Crippen molar-refractivity contribution in [2.24, 2.45) is 7.05 Å². The Morgan fingerprint density at radius 1 is 1.57 bits per heavy atom. The number of aromatic nitrogens is 2. The van der Waals surface area contributed by atoms with Crippen LogP contribution >= 0.6 is 11.8 Å². The van der Waals surface area contributed by atoms with Crippen molar-refractivity contribution in [1.82, 2.24) is 9.55 Å². The average molecular weight is 207 g/mol. The summed E-state index contributed by atoms with van der Waals surface area (Å²) in [6.07, 6.45) is 3.52. The third kappa shape index (κ3) is 1.80. The first-order valence-electron chi connectivity index (χ1n) is 4.08. The Hall–Kier alpha value is -1.29. The lowest BCUT2D eigenvalue weighted by Gasteiger charge is -2.01. The van der Waals surface area contributed by atoms with Gasteiger partial charge in [-0.15, -0.1) is 0 Å². The van der Waals surface area contributed by atoms with Crippen LogP contribution in [0.5, 0.6) is 0 Å². The zero-order chi connectivity index (χ0) is 9.97. The third-order valence-corrected chi connectivity index (χ3v) is 2.88. The van der Waals surface area contributed by atoms with Crippen LogP contribution in [0.3, 0.4) is 0 Å². The van der Waals surface area contributed by atoms with Crippen LogP contribution in [0.2, 0.25) is 0 Å². The minimum atomic E-state index is -0.263. The maximum Gasteiger partial charge on any atom is 0.172 e. The molecule has 2 nitrogen and oxygen atoms in total. The third-order valence-electron chi connectivity index (χ3n) is 1.75. The summed E-state index contributed by atoms with van der Waals surface area (Å²) in [7, 11) is 1.88. The molecule has 0 bridgehead atoms. The van der Waals surface area contributed by atoms with Crippen LogP contribution < -0.4 is 0 Å². The molecule has 0 unspecified atom stereocenters. The van der Waals surface area contributed by atoms with Crippen LogP contribution in [0, 0.1) is 11.9 Å². The molecule has 4 heteroatoms. The van der Waals surface area contributed by atoms with Crippen LogP contribution in [-0.4, -0.2) is 9.55 Å². The molecular weight excluding hydrogens is 199 g/mol. The van der Waals surface area contributed by atoms with E-state index in [1.54, 1.807) is 18.3 Å². The molecule has 0 spiro atoms. The fourth-order valence-corrected chi connectivity index (χ4v) is 1.83. The Kier molecular flexibility index (Phi) is 2.54. The van der Waals surface area contributed by atoms with Gasteiger partial charge in [-0.3, -0.25) is 0 Å². The van der Waals surface area contributed by atoms with Gasteiger partial charge in [0.05, 0.1) is 4.90 Å². The zero-order valence-electron chi connectivity index (χ0n) is 7.57. The first-order valence-corrected chi connectivity index (χ1v) is 4.90. The molecule has 1 aromatic heterocycles. The van der Waals surface area contributed by atoms with E-state index in [4.69, 9.17) is 0 Å². The molecule has 0 amide bonds. The molecule has 0 saturated carbocycles. The molecule has 14 heavy (non-hydrogen) atoms. The average Bonchev–Trinajstić information content (AvgIpc) is 2.56. The van der Waals surface area contributed by atoms with Crippen molar-refractivity contribution in [3.8, 4) is 0 Å². The van der Waals surface area contributed by atoms with Gasteiger partial charge in [0.2, 0.25) is 0 Å². The Labute approximate surface area is 85.8 Å². The molecule has 1 heterocycles. The summed E-state index contributed by atoms with van der Waals surface area (Å²) >= 11 is 1.30. The van der Waals surface area contributed by atoms with Gasteiger partial charge in [0.1, 0.15) is 5.82 Å². The van der Waals surface area contributed by atoms with Crippen molar-refractivity contribution in [2.75, 3.05) is 0 Å². The molecule has 71 valence electrons. The van der Waals surface area contributed by atoms with Gasteiger partial charge in [0.25, 0.3) is 0 Å². The number of rotatable bonds is 2. The van der Waals surface area contributed by atoms with E-state index in [-0.39, 0.29) is 5.82 Å². The molecule has 0 aliphatic rings. The molecule has 0 saturated heterocycles. The highest BCUT2D eigenvalue weighted by Crippen LogP contribution is 2.27. The van der Waals surface area contributed by atoms with Gasteiger partial charge in [-0.1, -0.05) is 6.07 Å². The van der Waals surface area contributed by atoms with E-state index in [0.29, 0.717) is 4.90 Å². The lowest BCUT2D eigenvalue weighted by atomic mass is 10.4. The number of hydrogen-bond acceptors (Lipinski definition) is 2. The maximum absolute atomic E-state index is 13.2. The summed E-state index contributed by atoms with van der Waals surface area (Å²) in [4.78, 5) is 4.67. The number of nitrogens with zero attached hydrogens (tertiary/aromatic N) is 2. The van der Waals surface area contributed by atoms with Crippen molar-refractivity contribution >= 4 is 11.8 Å². The lowest BCUT2D eigenvalue weighted by Crippen LogP contribution is -1.89. The van der Waals surface area contributed by atoms with Gasteiger partial charge in [-0.25, -0.2) is 9.37 Å². The van der Waals surface area contributed by atoms with E-state index in [1.807, 2.05) is 17.8 Å². The van der Waals surface area contributed by atoms with Crippen molar-refractivity contribution in [3.05, 3.63) is 42.5 Å². The zero-order valence-corrected chi connectivity index (χ0v) is 8.38. The Morgan fingerprint density at radius 3 is 3.07 bits per heavy atom. The minimum Gasteiger partial charge on any atom is -0.329 e. The molecule has 2 rings (SSSR count). The molecule has 2 aromatic rings. The lowest BCUT2D eigenvalue weighted by molar-refractivity contribution is 0.601. The summed E-state index contributed by atoms with van der Waals surface area (Å²) in [5, 5.41) is 0.773. The predicted octanol–water partition coefficient (Wildman–Crippen LogP) is 2.51. The summed E-state index contributed by atoms with van der Waals surface area (Å²) in [6.45, 7) is 0.